The first kappa shape index (κ1) is 24.5. The Balaban J connectivity index is 1.96. The van der Waals surface area contributed by atoms with E-state index in [9.17, 15) is 14.4 Å². The van der Waals surface area contributed by atoms with E-state index in [1.54, 1.807) is 36.4 Å². The van der Waals surface area contributed by atoms with Crippen LogP contribution < -0.4 is 19.7 Å². The Labute approximate surface area is 187 Å². The summed E-state index contributed by atoms with van der Waals surface area (Å²) in [6.07, 6.45) is 1.72. The van der Waals surface area contributed by atoms with Crippen molar-refractivity contribution in [2.45, 2.75) is 20.3 Å². The highest BCUT2D eigenvalue weighted by Crippen LogP contribution is 2.31. The first-order valence-electron chi connectivity index (χ1n) is 10.1. The van der Waals surface area contributed by atoms with Crippen molar-refractivity contribution in [1.82, 2.24) is 0 Å². The zero-order chi connectivity index (χ0) is 23.5. The Morgan fingerprint density at radius 1 is 1.09 bits per heavy atom. The molecule has 0 atom stereocenters. The van der Waals surface area contributed by atoms with Crippen LogP contribution in [0.2, 0.25) is 0 Å². The lowest BCUT2D eigenvalue weighted by molar-refractivity contribution is -0.153. The highest BCUT2D eigenvalue weighted by atomic mass is 16.6. The van der Waals surface area contributed by atoms with Crippen molar-refractivity contribution in [3.05, 3.63) is 60.7 Å². The van der Waals surface area contributed by atoms with E-state index in [0.29, 0.717) is 29.4 Å². The minimum Gasteiger partial charge on any atom is -0.495 e. The van der Waals surface area contributed by atoms with E-state index >= 15 is 0 Å². The number of hydrogen-bond donors (Lipinski definition) is 1. The summed E-state index contributed by atoms with van der Waals surface area (Å²) in [5.41, 5.74) is 2.09. The number of para-hydroxylation sites is 1. The summed E-state index contributed by atoms with van der Waals surface area (Å²) < 4.78 is 15.7. The number of carbonyl (C=O) groups is 3. The minimum atomic E-state index is -0.653. The molecule has 8 nitrogen and oxygen atoms in total. The summed E-state index contributed by atoms with van der Waals surface area (Å²) in [6.45, 7) is 7.24. The van der Waals surface area contributed by atoms with Crippen LogP contribution in [-0.4, -0.2) is 44.7 Å². The third-order valence-corrected chi connectivity index (χ3v) is 4.44. The van der Waals surface area contributed by atoms with Gasteiger partial charge in [0.25, 0.3) is 0 Å². The van der Waals surface area contributed by atoms with Gasteiger partial charge in [-0.25, -0.2) is 4.79 Å². The van der Waals surface area contributed by atoms with Crippen molar-refractivity contribution in [1.29, 1.82) is 0 Å². The first-order chi connectivity index (χ1) is 15.3. The Hall–Kier alpha value is -3.81. The molecule has 0 saturated carbocycles. The first-order valence-corrected chi connectivity index (χ1v) is 10.1. The van der Waals surface area contributed by atoms with Crippen LogP contribution in [-0.2, 0) is 19.1 Å². The quantitative estimate of drug-likeness (QED) is 0.325. The lowest BCUT2D eigenvalue weighted by atomic mass is 10.2. The highest BCUT2D eigenvalue weighted by Gasteiger charge is 2.16. The van der Waals surface area contributed by atoms with E-state index in [0.717, 1.165) is 5.56 Å². The van der Waals surface area contributed by atoms with Crippen molar-refractivity contribution >= 4 is 29.2 Å². The van der Waals surface area contributed by atoms with Crippen LogP contribution >= 0.6 is 0 Å². The van der Waals surface area contributed by atoms with Crippen LogP contribution in [0.3, 0.4) is 0 Å². The fourth-order valence-corrected chi connectivity index (χ4v) is 2.94. The second-order valence-corrected chi connectivity index (χ2v) is 6.95. The molecular weight excluding hydrogens is 412 g/mol. The normalized spacial score (nSPS) is 10.1. The van der Waals surface area contributed by atoms with Gasteiger partial charge in [0.05, 0.1) is 19.2 Å². The summed E-state index contributed by atoms with van der Waals surface area (Å²) in [5.74, 6) is -0.386. The maximum atomic E-state index is 12.2. The van der Waals surface area contributed by atoms with E-state index in [1.165, 1.54) is 14.0 Å². The number of esters is 2. The van der Waals surface area contributed by atoms with Crippen LogP contribution in [0.25, 0.3) is 0 Å². The largest absolute Gasteiger partial charge is 0.495 e. The molecule has 0 bridgehead atoms. The van der Waals surface area contributed by atoms with E-state index in [1.807, 2.05) is 24.0 Å². The molecule has 1 N–H and O–H groups in total. The van der Waals surface area contributed by atoms with Gasteiger partial charge in [-0.1, -0.05) is 24.3 Å². The monoisotopic (exact) mass is 440 g/mol. The Morgan fingerprint density at radius 2 is 1.84 bits per heavy atom. The fourth-order valence-electron chi connectivity index (χ4n) is 2.94. The molecule has 0 aliphatic carbocycles. The number of aryl methyl sites for hydroxylation is 1. The molecule has 0 radical (unpaired) electrons. The lowest BCUT2D eigenvalue weighted by Crippen LogP contribution is -2.28. The van der Waals surface area contributed by atoms with Gasteiger partial charge in [-0.05, 0) is 36.8 Å². The van der Waals surface area contributed by atoms with Crippen molar-refractivity contribution in [2.24, 2.45) is 0 Å². The van der Waals surface area contributed by atoms with E-state index in [-0.39, 0.29) is 18.9 Å². The van der Waals surface area contributed by atoms with Gasteiger partial charge in [-0.2, -0.15) is 0 Å². The molecule has 0 saturated heterocycles. The number of nitrogens with one attached hydrogen (secondary N) is 1. The zero-order valence-corrected chi connectivity index (χ0v) is 18.6. The molecule has 2 rings (SSSR count). The van der Waals surface area contributed by atoms with Gasteiger partial charge in [0.15, 0.2) is 6.61 Å². The van der Waals surface area contributed by atoms with Crippen molar-refractivity contribution in [3.63, 3.8) is 0 Å². The minimum absolute atomic E-state index is 0.0268. The van der Waals surface area contributed by atoms with Gasteiger partial charge in [0.2, 0.25) is 5.91 Å². The van der Waals surface area contributed by atoms with E-state index in [4.69, 9.17) is 14.2 Å². The Morgan fingerprint density at radius 3 is 2.50 bits per heavy atom. The Kier molecular flexibility index (Phi) is 9.28. The summed E-state index contributed by atoms with van der Waals surface area (Å²) in [4.78, 5) is 37.4. The molecular formula is C24H28N2O6. The molecule has 2 aromatic rings. The number of nitrogens with zero attached hydrogens (tertiary/aromatic N) is 1. The van der Waals surface area contributed by atoms with E-state index < -0.39 is 18.5 Å². The number of benzene rings is 2. The summed E-state index contributed by atoms with van der Waals surface area (Å²) in [6, 6.07) is 12.3. The molecule has 0 heterocycles. The fraction of sp³-hybridized carbons (Fsp3) is 0.292. The van der Waals surface area contributed by atoms with Crippen molar-refractivity contribution in [2.75, 3.05) is 37.0 Å². The average Bonchev–Trinajstić information content (AvgIpc) is 2.76. The smallest absolute Gasteiger partial charge is 0.349 e. The molecule has 0 fully saturated rings. The van der Waals surface area contributed by atoms with Gasteiger partial charge in [-0.3, -0.25) is 9.59 Å². The molecule has 0 aliphatic rings. The topological polar surface area (TPSA) is 94.2 Å². The number of methoxy groups -OCH3 is 1. The third-order valence-electron chi connectivity index (χ3n) is 4.44. The van der Waals surface area contributed by atoms with E-state index in [2.05, 4.69) is 11.9 Å². The standard InChI is InChI=1S/C24H28N2O6/c1-5-13-26(20-15-19(25-18(3)27)10-11-22(20)30-4)14-12-23(28)31-16-24(29)32-21-9-7-6-8-17(21)2/h5-11,15H,1,12-14,16H2,2-4H3,(H,25,27). The number of rotatable bonds is 11. The number of amides is 1. The summed E-state index contributed by atoms with van der Waals surface area (Å²) >= 11 is 0. The highest BCUT2D eigenvalue weighted by molar-refractivity contribution is 5.89. The number of hydrogen-bond acceptors (Lipinski definition) is 7. The molecule has 0 aromatic heterocycles. The van der Waals surface area contributed by atoms with Crippen molar-refractivity contribution < 1.29 is 28.6 Å². The zero-order valence-electron chi connectivity index (χ0n) is 18.6. The van der Waals surface area contributed by atoms with Crippen molar-refractivity contribution in [3.8, 4) is 11.5 Å². The molecule has 0 spiro atoms. The van der Waals surface area contributed by atoms with Gasteiger partial charge in [0, 0.05) is 25.7 Å². The number of ether oxygens (including phenoxy) is 3. The van der Waals surface area contributed by atoms with Crippen LogP contribution in [0.4, 0.5) is 11.4 Å². The number of anilines is 2. The molecule has 8 heteroatoms. The third kappa shape index (κ3) is 7.46. The second kappa shape index (κ2) is 12.1. The van der Waals surface area contributed by atoms with Gasteiger partial charge < -0.3 is 24.4 Å². The summed E-state index contributed by atoms with van der Waals surface area (Å²) in [5, 5.41) is 2.72. The second-order valence-electron chi connectivity index (χ2n) is 6.95. The molecule has 170 valence electrons. The predicted octanol–water partition coefficient (Wildman–Crippen LogP) is 3.49. The molecule has 0 unspecified atom stereocenters. The number of carbonyl (C=O) groups excluding carboxylic acids is 3. The van der Waals surface area contributed by atoms with Gasteiger partial charge in [-0.15, -0.1) is 6.58 Å². The predicted molar refractivity (Wildman–Crippen MR) is 122 cm³/mol. The molecule has 2 aromatic carbocycles. The summed E-state index contributed by atoms with van der Waals surface area (Å²) in [7, 11) is 1.54. The SMILES string of the molecule is C=CCN(CCC(=O)OCC(=O)Oc1ccccc1C)c1cc(NC(C)=O)ccc1OC. The maximum absolute atomic E-state index is 12.2. The van der Waals surface area contributed by atoms with Crippen LogP contribution in [0.1, 0.15) is 18.9 Å². The van der Waals surface area contributed by atoms with Gasteiger partial charge >= 0.3 is 11.9 Å². The average molecular weight is 440 g/mol. The maximum Gasteiger partial charge on any atom is 0.349 e. The Bertz CT molecular complexity index is 973. The molecule has 0 aliphatic heterocycles. The lowest BCUT2D eigenvalue weighted by Gasteiger charge is -2.25. The van der Waals surface area contributed by atoms with Crippen LogP contribution in [0.5, 0.6) is 11.5 Å². The molecule has 1 amide bonds. The van der Waals surface area contributed by atoms with Crippen LogP contribution in [0.15, 0.2) is 55.1 Å². The van der Waals surface area contributed by atoms with Gasteiger partial charge in [0.1, 0.15) is 11.5 Å². The van der Waals surface area contributed by atoms with Crippen LogP contribution in [0, 0.1) is 6.92 Å². The molecule has 32 heavy (non-hydrogen) atoms.